The summed E-state index contributed by atoms with van der Waals surface area (Å²) < 4.78 is 0. The normalized spacial score (nSPS) is 18.6. The maximum Gasteiger partial charge on any atom is 0.150 e. The van der Waals surface area contributed by atoms with Gasteiger partial charge in [-0.15, -0.1) is 0 Å². The molecular weight excluding hydrogens is 198 g/mol. The second-order valence-corrected chi connectivity index (χ2v) is 5.47. The summed E-state index contributed by atoms with van der Waals surface area (Å²) >= 11 is 0. The van der Waals surface area contributed by atoms with Crippen molar-refractivity contribution in [3.63, 3.8) is 0 Å². The van der Waals surface area contributed by atoms with Crippen LogP contribution in [0, 0.1) is 29.1 Å². The van der Waals surface area contributed by atoms with Gasteiger partial charge in [-0.1, -0.05) is 39.5 Å². The van der Waals surface area contributed by atoms with E-state index in [0.29, 0.717) is 12.3 Å². The smallest absolute Gasteiger partial charge is 0.150 e. The Morgan fingerprint density at radius 3 is 2.50 bits per heavy atom. The van der Waals surface area contributed by atoms with E-state index in [4.69, 9.17) is 5.26 Å². The molecule has 0 aromatic rings. The van der Waals surface area contributed by atoms with E-state index in [1.807, 2.05) is 0 Å². The van der Waals surface area contributed by atoms with Crippen LogP contribution >= 0.6 is 0 Å². The molecule has 0 aromatic heterocycles. The lowest BCUT2D eigenvalue weighted by molar-refractivity contribution is -0.122. The molecule has 90 valence electrons. The monoisotopic (exact) mass is 221 g/mol. The van der Waals surface area contributed by atoms with E-state index < -0.39 is 0 Å². The van der Waals surface area contributed by atoms with Gasteiger partial charge in [0.15, 0.2) is 0 Å². The number of nitrogens with zero attached hydrogens (tertiary/aromatic N) is 1. The minimum atomic E-state index is -0.360. The topological polar surface area (TPSA) is 40.9 Å². The molecule has 16 heavy (non-hydrogen) atoms. The Hall–Kier alpha value is -0.840. The molecule has 0 N–H and O–H groups in total. The van der Waals surface area contributed by atoms with Crippen LogP contribution < -0.4 is 0 Å². The number of carbonyl (C=O) groups excluding carboxylic acids is 1. The standard InChI is InChI=1S/C14H23NO/c1-11(2)9-13(10-15)14(16)8-7-12-5-3-4-6-12/h11-13H,3-9H2,1-2H3. The van der Waals surface area contributed by atoms with Crippen LogP contribution in [0.2, 0.25) is 0 Å². The van der Waals surface area contributed by atoms with E-state index >= 15 is 0 Å². The first-order valence-electron chi connectivity index (χ1n) is 6.55. The van der Waals surface area contributed by atoms with Gasteiger partial charge in [0.2, 0.25) is 0 Å². The van der Waals surface area contributed by atoms with E-state index in [2.05, 4.69) is 19.9 Å². The second kappa shape index (κ2) is 6.68. The molecule has 1 aliphatic rings. The van der Waals surface area contributed by atoms with Crippen molar-refractivity contribution >= 4 is 5.78 Å². The van der Waals surface area contributed by atoms with Gasteiger partial charge in [0, 0.05) is 6.42 Å². The molecule has 1 fully saturated rings. The van der Waals surface area contributed by atoms with Crippen molar-refractivity contribution in [2.24, 2.45) is 17.8 Å². The zero-order valence-corrected chi connectivity index (χ0v) is 10.5. The van der Waals surface area contributed by atoms with Gasteiger partial charge >= 0.3 is 0 Å². The second-order valence-electron chi connectivity index (χ2n) is 5.47. The summed E-state index contributed by atoms with van der Waals surface area (Å²) in [7, 11) is 0. The molecule has 0 spiro atoms. The predicted molar refractivity (Wildman–Crippen MR) is 64.8 cm³/mol. The largest absolute Gasteiger partial charge is 0.298 e. The zero-order chi connectivity index (χ0) is 12.0. The summed E-state index contributed by atoms with van der Waals surface area (Å²) in [5, 5.41) is 8.97. The summed E-state index contributed by atoms with van der Waals surface area (Å²) in [6.07, 6.45) is 7.58. The third-order valence-corrected chi connectivity index (χ3v) is 3.53. The molecule has 0 aromatic carbocycles. The third kappa shape index (κ3) is 4.35. The number of Topliss-reactive ketones (excluding diaryl/α,β-unsaturated/α-hetero) is 1. The van der Waals surface area contributed by atoms with Gasteiger partial charge in [-0.2, -0.15) is 5.26 Å². The quantitative estimate of drug-likeness (QED) is 0.686. The number of ketones is 1. The van der Waals surface area contributed by atoms with Gasteiger partial charge in [-0.3, -0.25) is 4.79 Å². The first-order valence-corrected chi connectivity index (χ1v) is 6.55. The zero-order valence-electron chi connectivity index (χ0n) is 10.5. The number of rotatable bonds is 6. The molecule has 1 aliphatic carbocycles. The van der Waals surface area contributed by atoms with Gasteiger partial charge < -0.3 is 0 Å². The van der Waals surface area contributed by atoms with Gasteiger partial charge in [-0.25, -0.2) is 0 Å². The van der Waals surface area contributed by atoms with E-state index in [9.17, 15) is 4.79 Å². The fourth-order valence-electron chi connectivity index (χ4n) is 2.55. The number of carbonyl (C=O) groups is 1. The molecule has 0 bridgehead atoms. The van der Waals surface area contributed by atoms with Crippen molar-refractivity contribution < 1.29 is 4.79 Å². The highest BCUT2D eigenvalue weighted by atomic mass is 16.1. The van der Waals surface area contributed by atoms with Crippen LogP contribution in [0.5, 0.6) is 0 Å². The van der Waals surface area contributed by atoms with Crippen LogP contribution in [-0.4, -0.2) is 5.78 Å². The Labute approximate surface area is 99.0 Å². The Balaban J connectivity index is 2.29. The van der Waals surface area contributed by atoms with E-state index in [1.54, 1.807) is 0 Å². The van der Waals surface area contributed by atoms with Gasteiger partial charge in [0.05, 0.1) is 6.07 Å². The van der Waals surface area contributed by atoms with Gasteiger partial charge in [0.25, 0.3) is 0 Å². The van der Waals surface area contributed by atoms with Crippen LogP contribution in [-0.2, 0) is 4.79 Å². The summed E-state index contributed by atoms with van der Waals surface area (Å²) in [4.78, 5) is 11.8. The summed E-state index contributed by atoms with van der Waals surface area (Å²) in [5.74, 6) is 0.993. The van der Waals surface area contributed by atoms with Crippen LogP contribution in [0.1, 0.15) is 58.8 Å². The lowest BCUT2D eigenvalue weighted by Gasteiger charge is -2.12. The van der Waals surface area contributed by atoms with Crippen LogP contribution in [0.4, 0.5) is 0 Å². The molecule has 1 rings (SSSR count). The molecule has 1 atom stereocenters. The summed E-state index contributed by atoms with van der Waals surface area (Å²) in [6, 6.07) is 2.16. The van der Waals surface area contributed by atoms with Crippen molar-refractivity contribution in [2.75, 3.05) is 0 Å². The lowest BCUT2D eigenvalue weighted by atomic mass is 9.90. The predicted octanol–water partition coefficient (Wildman–Crippen LogP) is 3.71. The van der Waals surface area contributed by atoms with E-state index in [1.165, 1.54) is 25.7 Å². The SMILES string of the molecule is CC(C)CC(C#N)C(=O)CCC1CCCC1. The van der Waals surface area contributed by atoms with Crippen molar-refractivity contribution in [3.05, 3.63) is 0 Å². The highest BCUT2D eigenvalue weighted by Gasteiger charge is 2.21. The molecule has 0 radical (unpaired) electrons. The van der Waals surface area contributed by atoms with E-state index in [0.717, 1.165) is 18.8 Å². The fourth-order valence-corrected chi connectivity index (χ4v) is 2.55. The lowest BCUT2D eigenvalue weighted by Crippen LogP contribution is -2.15. The summed E-state index contributed by atoms with van der Waals surface area (Å²) in [5.41, 5.74) is 0. The molecular formula is C14H23NO. The first-order chi connectivity index (χ1) is 7.63. The molecule has 1 saturated carbocycles. The average molecular weight is 221 g/mol. The van der Waals surface area contributed by atoms with Crippen molar-refractivity contribution in [3.8, 4) is 6.07 Å². The maximum atomic E-state index is 11.8. The fraction of sp³-hybridized carbons (Fsp3) is 0.857. The highest BCUT2D eigenvalue weighted by molar-refractivity contribution is 5.83. The van der Waals surface area contributed by atoms with Crippen LogP contribution in [0.25, 0.3) is 0 Å². The minimum absolute atomic E-state index is 0.170. The van der Waals surface area contributed by atoms with Crippen molar-refractivity contribution in [2.45, 2.75) is 58.8 Å². The van der Waals surface area contributed by atoms with E-state index in [-0.39, 0.29) is 11.7 Å². The summed E-state index contributed by atoms with van der Waals surface area (Å²) in [6.45, 7) is 4.13. The Kier molecular flexibility index (Phi) is 5.52. The highest BCUT2D eigenvalue weighted by Crippen LogP contribution is 2.29. The van der Waals surface area contributed by atoms with Crippen LogP contribution in [0.3, 0.4) is 0 Å². The Morgan fingerprint density at radius 1 is 1.38 bits per heavy atom. The molecule has 2 heteroatoms. The molecule has 0 amide bonds. The Bertz CT molecular complexity index is 258. The first kappa shape index (κ1) is 13.2. The number of hydrogen-bond donors (Lipinski definition) is 0. The van der Waals surface area contributed by atoms with Crippen molar-refractivity contribution in [1.29, 1.82) is 5.26 Å². The van der Waals surface area contributed by atoms with Crippen molar-refractivity contribution in [1.82, 2.24) is 0 Å². The van der Waals surface area contributed by atoms with Crippen LogP contribution in [0.15, 0.2) is 0 Å². The molecule has 1 unspecified atom stereocenters. The Morgan fingerprint density at radius 2 is 2.00 bits per heavy atom. The van der Waals surface area contributed by atoms with Gasteiger partial charge in [0.1, 0.15) is 11.7 Å². The maximum absolute atomic E-state index is 11.8. The molecule has 0 saturated heterocycles. The molecule has 0 heterocycles. The minimum Gasteiger partial charge on any atom is -0.298 e. The third-order valence-electron chi connectivity index (χ3n) is 3.53. The number of nitriles is 1. The average Bonchev–Trinajstić information content (AvgIpc) is 2.75. The van der Waals surface area contributed by atoms with Gasteiger partial charge in [-0.05, 0) is 24.7 Å². The molecule has 2 nitrogen and oxygen atoms in total. The number of hydrogen-bond acceptors (Lipinski definition) is 2. The molecule has 0 aliphatic heterocycles.